The first kappa shape index (κ1) is 13.6. The van der Waals surface area contributed by atoms with Gasteiger partial charge in [-0.1, -0.05) is 48.5 Å². The molecule has 2 nitrogen and oxygen atoms in total. The Morgan fingerprint density at radius 3 is 2.52 bits per heavy atom. The number of rotatable bonds is 4. The van der Waals surface area contributed by atoms with Gasteiger partial charge in [-0.05, 0) is 23.8 Å². The molecule has 0 bridgehead atoms. The lowest BCUT2D eigenvalue weighted by Crippen LogP contribution is -1.94. The Morgan fingerprint density at radius 2 is 1.76 bits per heavy atom. The van der Waals surface area contributed by atoms with Crippen LogP contribution in [0, 0.1) is 0 Å². The SMILES string of the molecule is COc1c(C(=O)/C=C/c2ccccc2)sc2ccccc12. The molecule has 0 spiro atoms. The van der Waals surface area contributed by atoms with Crippen LogP contribution in [0.15, 0.2) is 60.7 Å². The molecule has 0 radical (unpaired) electrons. The molecule has 0 N–H and O–H groups in total. The predicted octanol–water partition coefficient (Wildman–Crippen LogP) is 4.81. The molecule has 0 aliphatic heterocycles. The standard InChI is InChI=1S/C18H14O2S/c1-20-17-14-9-5-6-10-16(14)21-18(17)15(19)12-11-13-7-3-2-4-8-13/h2-12H,1H3/b12-11+. The van der Waals surface area contributed by atoms with Crippen molar-refractivity contribution in [2.45, 2.75) is 0 Å². The summed E-state index contributed by atoms with van der Waals surface area (Å²) >= 11 is 1.47. The Hall–Kier alpha value is -2.39. The van der Waals surface area contributed by atoms with Crippen LogP contribution >= 0.6 is 11.3 Å². The van der Waals surface area contributed by atoms with Crippen LogP contribution in [0.1, 0.15) is 15.2 Å². The fraction of sp³-hybridized carbons (Fsp3) is 0.0556. The number of fused-ring (bicyclic) bond motifs is 1. The van der Waals surface area contributed by atoms with Gasteiger partial charge in [0.25, 0.3) is 0 Å². The quantitative estimate of drug-likeness (QED) is 0.510. The van der Waals surface area contributed by atoms with E-state index >= 15 is 0 Å². The third-order valence-electron chi connectivity index (χ3n) is 3.20. The highest BCUT2D eigenvalue weighted by Crippen LogP contribution is 2.37. The van der Waals surface area contributed by atoms with Crippen LogP contribution < -0.4 is 4.74 Å². The molecule has 3 rings (SSSR count). The van der Waals surface area contributed by atoms with Gasteiger partial charge in [0.2, 0.25) is 0 Å². The van der Waals surface area contributed by atoms with E-state index in [-0.39, 0.29) is 5.78 Å². The average Bonchev–Trinajstić information content (AvgIpc) is 2.92. The van der Waals surface area contributed by atoms with Crippen molar-refractivity contribution >= 4 is 33.3 Å². The lowest BCUT2D eigenvalue weighted by atomic mass is 10.1. The van der Waals surface area contributed by atoms with E-state index in [9.17, 15) is 4.79 Å². The minimum absolute atomic E-state index is 0.0306. The number of thiophene rings is 1. The summed E-state index contributed by atoms with van der Waals surface area (Å²) in [5.74, 6) is 0.634. The lowest BCUT2D eigenvalue weighted by Gasteiger charge is -1.99. The fourth-order valence-corrected chi connectivity index (χ4v) is 3.29. The maximum Gasteiger partial charge on any atom is 0.199 e. The zero-order valence-corrected chi connectivity index (χ0v) is 12.4. The molecule has 0 saturated carbocycles. The number of allylic oxidation sites excluding steroid dienone is 1. The van der Waals surface area contributed by atoms with Crippen LogP contribution in [0.2, 0.25) is 0 Å². The average molecular weight is 294 g/mol. The van der Waals surface area contributed by atoms with Gasteiger partial charge in [0.05, 0.1) is 7.11 Å². The van der Waals surface area contributed by atoms with Crippen LogP contribution in [0.5, 0.6) is 5.75 Å². The molecule has 3 heteroatoms. The molecular weight excluding hydrogens is 280 g/mol. The highest BCUT2D eigenvalue weighted by Gasteiger charge is 2.16. The first-order chi connectivity index (χ1) is 10.3. The monoisotopic (exact) mass is 294 g/mol. The van der Waals surface area contributed by atoms with Crippen molar-refractivity contribution in [1.82, 2.24) is 0 Å². The number of methoxy groups -OCH3 is 1. The summed E-state index contributed by atoms with van der Waals surface area (Å²) in [7, 11) is 1.60. The molecule has 2 aromatic carbocycles. The lowest BCUT2D eigenvalue weighted by molar-refractivity contribution is 0.104. The zero-order valence-electron chi connectivity index (χ0n) is 11.6. The summed E-state index contributed by atoms with van der Waals surface area (Å²) in [6.45, 7) is 0. The first-order valence-corrected chi connectivity index (χ1v) is 7.44. The van der Waals surface area contributed by atoms with E-state index in [1.54, 1.807) is 13.2 Å². The van der Waals surface area contributed by atoms with Crippen molar-refractivity contribution in [3.63, 3.8) is 0 Å². The highest BCUT2D eigenvalue weighted by molar-refractivity contribution is 7.21. The van der Waals surface area contributed by atoms with E-state index in [0.717, 1.165) is 15.6 Å². The maximum atomic E-state index is 12.4. The Kier molecular flexibility index (Phi) is 3.84. The van der Waals surface area contributed by atoms with E-state index in [2.05, 4.69) is 0 Å². The fourth-order valence-electron chi connectivity index (χ4n) is 2.20. The smallest absolute Gasteiger partial charge is 0.199 e. The molecule has 0 aliphatic rings. The molecule has 0 atom stereocenters. The second-order valence-electron chi connectivity index (χ2n) is 4.57. The number of ketones is 1. The zero-order chi connectivity index (χ0) is 14.7. The number of carbonyl (C=O) groups excluding carboxylic acids is 1. The summed E-state index contributed by atoms with van der Waals surface area (Å²) in [5, 5.41) is 0.987. The molecule has 0 saturated heterocycles. The minimum atomic E-state index is -0.0306. The second-order valence-corrected chi connectivity index (χ2v) is 5.62. The molecule has 0 amide bonds. The van der Waals surface area contributed by atoms with Gasteiger partial charge in [-0.3, -0.25) is 4.79 Å². The Labute approximate surface area is 127 Å². The number of benzene rings is 2. The van der Waals surface area contributed by atoms with Gasteiger partial charge < -0.3 is 4.74 Å². The van der Waals surface area contributed by atoms with Gasteiger partial charge in [-0.15, -0.1) is 11.3 Å². The van der Waals surface area contributed by atoms with Crippen molar-refractivity contribution in [3.8, 4) is 5.75 Å². The van der Waals surface area contributed by atoms with Crippen LogP contribution in [0.3, 0.4) is 0 Å². The molecule has 0 unspecified atom stereocenters. The third-order valence-corrected chi connectivity index (χ3v) is 4.37. The van der Waals surface area contributed by atoms with Crippen LogP contribution in [-0.2, 0) is 0 Å². The van der Waals surface area contributed by atoms with Gasteiger partial charge >= 0.3 is 0 Å². The van der Waals surface area contributed by atoms with E-state index < -0.39 is 0 Å². The van der Waals surface area contributed by atoms with Gasteiger partial charge in [0.1, 0.15) is 10.6 Å². The van der Waals surface area contributed by atoms with E-state index in [4.69, 9.17) is 4.74 Å². The van der Waals surface area contributed by atoms with Crippen molar-refractivity contribution in [3.05, 3.63) is 71.1 Å². The molecule has 21 heavy (non-hydrogen) atoms. The number of hydrogen-bond donors (Lipinski definition) is 0. The molecule has 0 fully saturated rings. The van der Waals surface area contributed by atoms with Crippen molar-refractivity contribution in [1.29, 1.82) is 0 Å². The second kappa shape index (κ2) is 5.94. The summed E-state index contributed by atoms with van der Waals surface area (Å²) < 4.78 is 6.49. The van der Waals surface area contributed by atoms with Crippen molar-refractivity contribution in [2.24, 2.45) is 0 Å². The summed E-state index contributed by atoms with van der Waals surface area (Å²) in [4.78, 5) is 13.1. The van der Waals surface area contributed by atoms with Crippen LogP contribution in [0.25, 0.3) is 16.2 Å². The third kappa shape index (κ3) is 2.73. The number of carbonyl (C=O) groups is 1. The molecule has 104 valence electrons. The van der Waals surface area contributed by atoms with E-state index in [0.29, 0.717) is 10.6 Å². The number of ether oxygens (including phenoxy) is 1. The van der Waals surface area contributed by atoms with Gasteiger partial charge in [0, 0.05) is 10.1 Å². The molecule has 1 heterocycles. The topological polar surface area (TPSA) is 26.3 Å². The Bertz CT molecular complexity index is 800. The van der Waals surface area contributed by atoms with Gasteiger partial charge in [-0.25, -0.2) is 0 Å². The maximum absolute atomic E-state index is 12.4. The summed E-state index contributed by atoms with van der Waals surface area (Å²) in [5.41, 5.74) is 1.01. The van der Waals surface area contributed by atoms with Crippen molar-refractivity contribution < 1.29 is 9.53 Å². The van der Waals surface area contributed by atoms with Crippen LogP contribution in [0.4, 0.5) is 0 Å². The molecule has 0 aliphatic carbocycles. The Balaban J connectivity index is 1.96. The number of hydrogen-bond acceptors (Lipinski definition) is 3. The molecule has 3 aromatic rings. The van der Waals surface area contributed by atoms with E-state index in [1.165, 1.54) is 11.3 Å². The first-order valence-electron chi connectivity index (χ1n) is 6.62. The van der Waals surface area contributed by atoms with Gasteiger partial charge in [-0.2, -0.15) is 0 Å². The van der Waals surface area contributed by atoms with Crippen molar-refractivity contribution in [2.75, 3.05) is 7.11 Å². The summed E-state index contributed by atoms with van der Waals surface area (Å²) in [6.07, 6.45) is 3.43. The summed E-state index contributed by atoms with van der Waals surface area (Å²) in [6, 6.07) is 17.7. The van der Waals surface area contributed by atoms with E-state index in [1.807, 2.05) is 60.7 Å². The highest BCUT2D eigenvalue weighted by atomic mass is 32.1. The molecular formula is C18H14O2S. The Morgan fingerprint density at radius 1 is 1.05 bits per heavy atom. The van der Waals surface area contributed by atoms with Gasteiger partial charge in [0.15, 0.2) is 5.78 Å². The molecule has 1 aromatic heterocycles. The minimum Gasteiger partial charge on any atom is -0.494 e. The van der Waals surface area contributed by atoms with Crippen LogP contribution in [-0.4, -0.2) is 12.9 Å². The normalized spacial score (nSPS) is 11.1. The predicted molar refractivity (Wildman–Crippen MR) is 88.2 cm³/mol. The largest absolute Gasteiger partial charge is 0.494 e.